The van der Waals surface area contributed by atoms with E-state index in [9.17, 15) is 9.59 Å². The average Bonchev–Trinajstić information content (AvgIpc) is 2.96. The third kappa shape index (κ3) is 2.02. The van der Waals surface area contributed by atoms with E-state index in [2.05, 4.69) is 5.10 Å². The van der Waals surface area contributed by atoms with E-state index >= 15 is 0 Å². The molecule has 0 spiro atoms. The number of nitrogens with zero attached hydrogens (tertiary/aromatic N) is 3. The van der Waals surface area contributed by atoms with E-state index < -0.39 is 5.97 Å². The molecular weight excluding hydrogens is 222 g/mol. The smallest absolute Gasteiger partial charge is 0.339 e. The second-order valence-electron chi connectivity index (χ2n) is 4.03. The fraction of sp³-hybridized carbons (Fsp3) is 0.545. The van der Waals surface area contributed by atoms with E-state index in [1.807, 2.05) is 6.92 Å². The molecule has 0 radical (unpaired) electrons. The maximum absolute atomic E-state index is 12.2. The number of carboxylic acid groups (broad SMARTS) is 1. The van der Waals surface area contributed by atoms with Crippen molar-refractivity contribution in [2.24, 2.45) is 0 Å². The monoisotopic (exact) mass is 237 g/mol. The van der Waals surface area contributed by atoms with Crippen molar-refractivity contribution in [3.05, 3.63) is 17.5 Å². The highest BCUT2D eigenvalue weighted by molar-refractivity contribution is 6.03. The van der Waals surface area contributed by atoms with Crippen LogP contribution in [-0.4, -0.2) is 44.8 Å². The van der Waals surface area contributed by atoms with E-state index in [0.717, 1.165) is 12.8 Å². The molecule has 0 aromatic carbocycles. The van der Waals surface area contributed by atoms with Crippen LogP contribution in [0.15, 0.2) is 6.20 Å². The Bertz CT molecular complexity index is 447. The number of carboxylic acids is 1. The average molecular weight is 237 g/mol. The highest BCUT2D eigenvalue weighted by Gasteiger charge is 2.28. The van der Waals surface area contributed by atoms with Crippen molar-refractivity contribution in [3.63, 3.8) is 0 Å². The summed E-state index contributed by atoms with van der Waals surface area (Å²) in [5.41, 5.74) is 0.186. The van der Waals surface area contributed by atoms with Crippen molar-refractivity contribution in [3.8, 4) is 0 Å². The summed E-state index contributed by atoms with van der Waals surface area (Å²) in [7, 11) is 0. The fourth-order valence-electron chi connectivity index (χ4n) is 2.08. The molecule has 2 heterocycles. The van der Waals surface area contributed by atoms with Gasteiger partial charge in [-0.15, -0.1) is 0 Å². The lowest BCUT2D eigenvalue weighted by atomic mass is 10.2. The molecule has 1 N–H and O–H groups in total. The first-order chi connectivity index (χ1) is 8.15. The summed E-state index contributed by atoms with van der Waals surface area (Å²) in [6, 6.07) is 0. The second kappa shape index (κ2) is 4.57. The van der Waals surface area contributed by atoms with E-state index in [1.165, 1.54) is 10.9 Å². The van der Waals surface area contributed by atoms with Gasteiger partial charge in [0.15, 0.2) is 0 Å². The van der Waals surface area contributed by atoms with Crippen LogP contribution in [0.1, 0.15) is 40.6 Å². The van der Waals surface area contributed by atoms with Gasteiger partial charge < -0.3 is 10.0 Å². The van der Waals surface area contributed by atoms with Gasteiger partial charge in [-0.1, -0.05) is 0 Å². The largest absolute Gasteiger partial charge is 0.478 e. The van der Waals surface area contributed by atoms with Crippen LogP contribution in [-0.2, 0) is 6.54 Å². The van der Waals surface area contributed by atoms with Crippen molar-refractivity contribution in [1.82, 2.24) is 14.7 Å². The molecule has 0 aliphatic carbocycles. The lowest BCUT2D eigenvalue weighted by molar-refractivity contribution is 0.0679. The molecule has 0 atom stereocenters. The lowest BCUT2D eigenvalue weighted by Gasteiger charge is -2.16. The Hall–Kier alpha value is -1.85. The molecule has 0 saturated carbocycles. The summed E-state index contributed by atoms with van der Waals surface area (Å²) in [5, 5.41) is 13.0. The molecular formula is C11H15N3O3. The predicted molar refractivity (Wildman–Crippen MR) is 60.0 cm³/mol. The quantitative estimate of drug-likeness (QED) is 0.845. The van der Waals surface area contributed by atoms with Crippen LogP contribution in [0.3, 0.4) is 0 Å². The minimum absolute atomic E-state index is 0.0104. The van der Waals surface area contributed by atoms with Gasteiger partial charge in [0.25, 0.3) is 5.91 Å². The van der Waals surface area contributed by atoms with Gasteiger partial charge in [0.05, 0.1) is 6.20 Å². The normalized spacial score (nSPS) is 15.2. The third-order valence-corrected chi connectivity index (χ3v) is 2.97. The Morgan fingerprint density at radius 3 is 2.59 bits per heavy atom. The molecule has 1 aliphatic heterocycles. The minimum atomic E-state index is -1.10. The van der Waals surface area contributed by atoms with Gasteiger partial charge in [0.2, 0.25) is 0 Å². The molecule has 1 fully saturated rings. The standard InChI is InChI=1S/C11H15N3O3/c1-2-14-9(8(7-12-14)11(16)17)10(15)13-5-3-4-6-13/h7H,2-6H2,1H3,(H,16,17). The van der Waals surface area contributed by atoms with E-state index in [-0.39, 0.29) is 17.2 Å². The molecule has 6 heteroatoms. The zero-order chi connectivity index (χ0) is 12.4. The van der Waals surface area contributed by atoms with Crippen molar-refractivity contribution < 1.29 is 14.7 Å². The highest BCUT2D eigenvalue weighted by Crippen LogP contribution is 2.16. The molecule has 92 valence electrons. The van der Waals surface area contributed by atoms with Gasteiger partial charge in [-0.25, -0.2) is 4.79 Å². The Kier molecular flexibility index (Phi) is 3.12. The minimum Gasteiger partial charge on any atom is -0.478 e. The van der Waals surface area contributed by atoms with Crippen LogP contribution in [0.4, 0.5) is 0 Å². The van der Waals surface area contributed by atoms with Crippen molar-refractivity contribution in [1.29, 1.82) is 0 Å². The van der Waals surface area contributed by atoms with Crippen LogP contribution in [0, 0.1) is 0 Å². The molecule has 0 bridgehead atoms. The number of carbonyl (C=O) groups excluding carboxylic acids is 1. The summed E-state index contributed by atoms with van der Waals surface area (Å²) in [6.07, 6.45) is 3.21. The number of hydrogen-bond acceptors (Lipinski definition) is 3. The molecule has 1 amide bonds. The summed E-state index contributed by atoms with van der Waals surface area (Å²) >= 11 is 0. The summed E-state index contributed by atoms with van der Waals surface area (Å²) < 4.78 is 1.45. The first-order valence-corrected chi connectivity index (χ1v) is 5.73. The number of hydrogen-bond donors (Lipinski definition) is 1. The van der Waals surface area contributed by atoms with Gasteiger partial charge in [-0.3, -0.25) is 9.48 Å². The lowest BCUT2D eigenvalue weighted by Crippen LogP contribution is -2.31. The van der Waals surface area contributed by atoms with Crippen LogP contribution in [0.5, 0.6) is 0 Å². The van der Waals surface area contributed by atoms with Crippen LogP contribution in [0.2, 0.25) is 0 Å². The van der Waals surface area contributed by atoms with Crippen LogP contribution >= 0.6 is 0 Å². The third-order valence-electron chi connectivity index (χ3n) is 2.97. The Labute approximate surface area is 98.8 Å². The molecule has 2 rings (SSSR count). The van der Waals surface area contributed by atoms with Crippen LogP contribution < -0.4 is 0 Å². The summed E-state index contributed by atoms with van der Waals surface area (Å²) in [6.45, 7) is 3.72. The van der Waals surface area contributed by atoms with Crippen molar-refractivity contribution in [2.75, 3.05) is 13.1 Å². The van der Waals surface area contributed by atoms with Crippen molar-refractivity contribution in [2.45, 2.75) is 26.3 Å². The first-order valence-electron chi connectivity index (χ1n) is 5.73. The predicted octanol–water partition coefficient (Wildman–Crippen LogP) is 0.837. The first kappa shape index (κ1) is 11.6. The highest BCUT2D eigenvalue weighted by atomic mass is 16.4. The van der Waals surface area contributed by atoms with E-state index in [0.29, 0.717) is 19.6 Å². The molecule has 17 heavy (non-hydrogen) atoms. The number of aromatic nitrogens is 2. The molecule has 0 unspecified atom stereocenters. The SMILES string of the molecule is CCn1ncc(C(=O)O)c1C(=O)N1CCCC1. The van der Waals surface area contributed by atoms with Gasteiger partial charge in [0.1, 0.15) is 11.3 Å². The Morgan fingerprint density at radius 1 is 1.41 bits per heavy atom. The van der Waals surface area contributed by atoms with E-state index in [1.54, 1.807) is 4.90 Å². The maximum atomic E-state index is 12.2. The topological polar surface area (TPSA) is 75.4 Å². The Morgan fingerprint density at radius 2 is 2.06 bits per heavy atom. The second-order valence-corrected chi connectivity index (χ2v) is 4.03. The van der Waals surface area contributed by atoms with Gasteiger partial charge in [-0.05, 0) is 19.8 Å². The molecule has 6 nitrogen and oxygen atoms in total. The number of likely N-dealkylation sites (tertiary alicyclic amines) is 1. The number of carbonyl (C=O) groups is 2. The molecule has 1 aliphatic rings. The summed E-state index contributed by atoms with van der Waals surface area (Å²) in [4.78, 5) is 25.0. The van der Waals surface area contributed by atoms with Gasteiger partial charge in [0, 0.05) is 19.6 Å². The zero-order valence-corrected chi connectivity index (χ0v) is 9.72. The van der Waals surface area contributed by atoms with Crippen LogP contribution in [0.25, 0.3) is 0 Å². The molecule has 1 aromatic heterocycles. The molecule has 1 saturated heterocycles. The number of aromatic carboxylic acids is 1. The number of rotatable bonds is 3. The number of aryl methyl sites for hydroxylation is 1. The van der Waals surface area contributed by atoms with E-state index in [4.69, 9.17) is 5.11 Å². The number of amides is 1. The summed E-state index contributed by atoms with van der Waals surface area (Å²) in [5.74, 6) is -1.33. The van der Waals surface area contributed by atoms with Gasteiger partial charge >= 0.3 is 5.97 Å². The maximum Gasteiger partial charge on any atom is 0.339 e. The van der Waals surface area contributed by atoms with Gasteiger partial charge in [-0.2, -0.15) is 5.10 Å². The molecule has 1 aromatic rings. The zero-order valence-electron chi connectivity index (χ0n) is 9.72. The Balaban J connectivity index is 2.37. The van der Waals surface area contributed by atoms with Crippen molar-refractivity contribution >= 4 is 11.9 Å². The fourth-order valence-corrected chi connectivity index (χ4v) is 2.08.